The van der Waals surface area contributed by atoms with Gasteiger partial charge in [0.05, 0.1) is 5.52 Å². The van der Waals surface area contributed by atoms with E-state index in [9.17, 15) is 32.3 Å². The van der Waals surface area contributed by atoms with Gasteiger partial charge in [0.15, 0.2) is 5.78 Å². The molecule has 0 unspecified atom stereocenters. The van der Waals surface area contributed by atoms with Gasteiger partial charge >= 0.3 is 6.18 Å². The molecule has 1 N–H and O–H groups in total. The smallest absolute Gasteiger partial charge is 0.345 e. The van der Waals surface area contributed by atoms with Crippen molar-refractivity contribution in [1.29, 1.82) is 0 Å². The maximum absolute atomic E-state index is 14.6. The standard InChI is InChI=1S/C39H43F3N8O4/c1-21-11-12-30(39(40,41)42)45-35(21)46-36(53)29-15-38-16-31(38)50(29)32(52)19-49-34-25(10-8-6-7-9-22(2)37(54)48(5)20-38)13-26(27-17-43-24(4)44-18-27)14-28(34)33(47-49)23(3)51/h11-14,17-18,22,29,31H,6-10,15-16,19-20H2,1-5H3,(H,45,46,53)/t22-,29+,31-,38+/m1/s1. The number of halogens is 3. The van der Waals surface area contributed by atoms with Crippen LogP contribution in [0.4, 0.5) is 19.0 Å². The molecule has 0 spiro atoms. The number of pyridine rings is 1. The molecule has 7 rings (SSSR count). The molecule has 54 heavy (non-hydrogen) atoms. The van der Waals surface area contributed by atoms with Crippen LogP contribution in [0.5, 0.6) is 0 Å². The molecule has 4 atom stereocenters. The zero-order chi connectivity index (χ0) is 38.7. The summed E-state index contributed by atoms with van der Waals surface area (Å²) in [6.07, 6.45) is 3.29. The molecule has 2 aliphatic heterocycles. The van der Waals surface area contributed by atoms with Gasteiger partial charge in [-0.25, -0.2) is 15.0 Å². The molecule has 3 amide bonds. The number of nitrogens with one attached hydrogen (secondary N) is 1. The predicted octanol–water partition coefficient (Wildman–Crippen LogP) is 5.94. The number of Topliss-reactive ketones (excluding diaryl/α,β-unsaturated/α-hetero) is 1. The first-order chi connectivity index (χ1) is 25.6. The number of amides is 3. The van der Waals surface area contributed by atoms with Crippen LogP contribution in [0, 0.1) is 25.2 Å². The Kier molecular flexibility index (Phi) is 9.55. The molecule has 0 radical (unpaired) electrons. The zero-order valence-electron chi connectivity index (χ0n) is 31.0. The second kappa shape index (κ2) is 13.9. The number of nitrogens with zero attached hydrogens (tertiary/aromatic N) is 7. The lowest BCUT2D eigenvalue weighted by atomic mass is 9.95. The van der Waals surface area contributed by atoms with Crippen LogP contribution < -0.4 is 5.32 Å². The molecule has 1 saturated carbocycles. The Morgan fingerprint density at radius 1 is 1.00 bits per heavy atom. The number of ketones is 1. The SMILES string of the molecule is CC(=O)c1nn2c3c(cc(-c4cnc(C)nc4)cc13)CCCCC[C@@H](C)C(=O)N(C)C[C@@]13C[C@@H](C(=O)Nc4nc(C(F)(F)F)ccc4C)N(C(=O)C2)[C@@H]1C3. The van der Waals surface area contributed by atoms with Crippen LogP contribution in [0.15, 0.2) is 36.7 Å². The van der Waals surface area contributed by atoms with Gasteiger partial charge in [0.1, 0.15) is 35.6 Å². The number of aryl methyl sites for hydroxylation is 3. The lowest BCUT2D eigenvalue weighted by Gasteiger charge is -2.27. The van der Waals surface area contributed by atoms with E-state index < -0.39 is 35.1 Å². The Balaban J connectivity index is 1.30. The number of carbonyl (C=O) groups is 4. The molecular weight excluding hydrogens is 701 g/mol. The second-order valence-electron chi connectivity index (χ2n) is 15.3. The van der Waals surface area contributed by atoms with Crippen molar-refractivity contribution in [2.24, 2.45) is 11.3 Å². The highest BCUT2D eigenvalue weighted by Gasteiger charge is 2.67. The summed E-state index contributed by atoms with van der Waals surface area (Å²) in [5, 5.41) is 7.86. The third-order valence-corrected chi connectivity index (χ3v) is 11.2. The average molecular weight is 745 g/mol. The summed E-state index contributed by atoms with van der Waals surface area (Å²) >= 11 is 0. The minimum Gasteiger partial charge on any atom is -0.345 e. The number of carbonyl (C=O) groups excluding carboxylic acids is 4. The van der Waals surface area contributed by atoms with Gasteiger partial charge in [-0.05, 0) is 80.8 Å². The lowest BCUT2D eigenvalue weighted by Crippen LogP contribution is -2.47. The maximum atomic E-state index is 14.6. The molecular formula is C39H43F3N8O4. The van der Waals surface area contributed by atoms with Gasteiger partial charge in [-0.2, -0.15) is 18.3 Å². The summed E-state index contributed by atoms with van der Waals surface area (Å²) in [4.78, 5) is 70.8. The lowest BCUT2D eigenvalue weighted by molar-refractivity contribution is -0.141. The highest BCUT2D eigenvalue weighted by molar-refractivity contribution is 6.07. The minimum atomic E-state index is -4.72. The molecule has 5 heterocycles. The molecule has 1 aliphatic carbocycles. The summed E-state index contributed by atoms with van der Waals surface area (Å²) in [6.45, 7) is 6.72. The van der Waals surface area contributed by atoms with Crippen LogP contribution in [-0.4, -0.2) is 83.7 Å². The minimum absolute atomic E-state index is 0.0134. The van der Waals surface area contributed by atoms with Crippen LogP contribution in [0.3, 0.4) is 0 Å². The topological polar surface area (TPSA) is 143 Å². The fourth-order valence-electron chi connectivity index (χ4n) is 8.33. The number of hydrogen-bond acceptors (Lipinski definition) is 8. The van der Waals surface area contributed by atoms with Gasteiger partial charge in [0.2, 0.25) is 17.7 Å². The van der Waals surface area contributed by atoms with E-state index >= 15 is 0 Å². The Labute approximate surface area is 310 Å². The summed E-state index contributed by atoms with van der Waals surface area (Å²) in [7, 11) is 1.74. The molecule has 3 aliphatic rings. The van der Waals surface area contributed by atoms with Gasteiger partial charge in [-0.1, -0.05) is 25.8 Å². The van der Waals surface area contributed by atoms with Crippen molar-refractivity contribution in [3.05, 3.63) is 65.0 Å². The number of aromatic nitrogens is 5. The fourth-order valence-corrected chi connectivity index (χ4v) is 8.33. The number of hydrogen-bond donors (Lipinski definition) is 1. The number of benzene rings is 1. The van der Waals surface area contributed by atoms with Crippen molar-refractivity contribution in [2.45, 2.75) is 97.4 Å². The van der Waals surface area contributed by atoms with E-state index in [1.807, 2.05) is 19.1 Å². The van der Waals surface area contributed by atoms with Crippen molar-refractivity contribution in [3.8, 4) is 11.1 Å². The number of rotatable bonds is 4. The molecule has 4 aromatic rings. The Morgan fingerprint density at radius 2 is 1.74 bits per heavy atom. The van der Waals surface area contributed by atoms with Crippen molar-refractivity contribution < 1.29 is 32.3 Å². The Bertz CT molecular complexity index is 2170. The monoisotopic (exact) mass is 744 g/mol. The van der Waals surface area contributed by atoms with Crippen molar-refractivity contribution >= 4 is 40.2 Å². The first kappa shape index (κ1) is 37.1. The summed E-state index contributed by atoms with van der Waals surface area (Å²) in [5.74, 6) is -1.24. The number of anilines is 1. The van der Waals surface area contributed by atoms with Crippen LogP contribution in [0.25, 0.3) is 22.0 Å². The van der Waals surface area contributed by atoms with Crippen molar-refractivity contribution in [3.63, 3.8) is 0 Å². The number of alkyl halides is 3. The maximum Gasteiger partial charge on any atom is 0.433 e. The normalized spacial score (nSPS) is 23.7. The molecule has 284 valence electrons. The molecule has 3 aromatic heterocycles. The molecule has 1 saturated heterocycles. The Hall–Kier alpha value is -5.21. The molecule has 15 heteroatoms. The van der Waals surface area contributed by atoms with E-state index in [1.54, 1.807) is 42.9 Å². The molecule has 2 fully saturated rings. The van der Waals surface area contributed by atoms with Gasteiger partial charge in [-0.15, -0.1) is 0 Å². The molecule has 1 aromatic carbocycles. The van der Waals surface area contributed by atoms with Gasteiger partial charge in [-0.3, -0.25) is 23.9 Å². The van der Waals surface area contributed by atoms with Crippen LogP contribution >= 0.6 is 0 Å². The third-order valence-electron chi connectivity index (χ3n) is 11.2. The summed E-state index contributed by atoms with van der Waals surface area (Å²) in [5.41, 5.74) is 1.91. The van der Waals surface area contributed by atoms with E-state index in [0.29, 0.717) is 48.1 Å². The highest BCUT2D eigenvalue weighted by Crippen LogP contribution is 2.60. The second-order valence-corrected chi connectivity index (χ2v) is 15.3. The quantitative estimate of drug-likeness (QED) is 0.253. The largest absolute Gasteiger partial charge is 0.433 e. The molecule has 12 nitrogen and oxygen atoms in total. The van der Waals surface area contributed by atoms with E-state index in [-0.39, 0.29) is 48.1 Å². The first-order valence-corrected chi connectivity index (χ1v) is 18.3. The van der Waals surface area contributed by atoms with Gasteiger partial charge in [0.25, 0.3) is 0 Å². The summed E-state index contributed by atoms with van der Waals surface area (Å²) < 4.78 is 42.2. The molecule has 2 bridgehead atoms. The number of piperidine rings is 1. The van der Waals surface area contributed by atoms with E-state index in [4.69, 9.17) is 0 Å². The average Bonchev–Trinajstić information content (AvgIpc) is 3.51. The first-order valence-electron chi connectivity index (χ1n) is 18.3. The van der Waals surface area contributed by atoms with Gasteiger partial charge in [0, 0.05) is 61.2 Å². The third kappa shape index (κ3) is 6.95. The van der Waals surface area contributed by atoms with Crippen LogP contribution in [0.1, 0.15) is 85.5 Å². The highest BCUT2D eigenvalue weighted by atomic mass is 19.4. The predicted molar refractivity (Wildman–Crippen MR) is 193 cm³/mol. The van der Waals surface area contributed by atoms with E-state index in [1.165, 1.54) is 17.9 Å². The van der Waals surface area contributed by atoms with Gasteiger partial charge < -0.3 is 15.1 Å². The van der Waals surface area contributed by atoms with E-state index in [0.717, 1.165) is 42.0 Å². The Morgan fingerprint density at radius 3 is 2.44 bits per heavy atom. The van der Waals surface area contributed by atoms with E-state index in [2.05, 4.69) is 25.4 Å². The van der Waals surface area contributed by atoms with Crippen LogP contribution in [0.2, 0.25) is 0 Å². The van der Waals surface area contributed by atoms with Crippen LogP contribution in [-0.2, 0) is 33.5 Å². The summed E-state index contributed by atoms with van der Waals surface area (Å²) in [6, 6.07) is 4.53. The zero-order valence-corrected chi connectivity index (χ0v) is 31.0. The van der Waals surface area contributed by atoms with Crippen molar-refractivity contribution in [1.82, 2.24) is 34.5 Å². The fraction of sp³-hybridized carbons (Fsp3) is 0.487. The van der Waals surface area contributed by atoms with Crippen molar-refractivity contribution in [2.75, 3.05) is 18.9 Å².